The molecule has 2 heteroatoms. The lowest BCUT2D eigenvalue weighted by Gasteiger charge is -2.29. The average molecular weight is 250 g/mol. The maximum Gasteiger partial charge on any atom is 0.0409 e. The Kier molecular flexibility index (Phi) is 2.92. The molecule has 0 heterocycles. The summed E-state index contributed by atoms with van der Waals surface area (Å²) in [5, 5.41) is 0.809. The summed E-state index contributed by atoms with van der Waals surface area (Å²) in [5.74, 6) is 2.51. The van der Waals surface area contributed by atoms with Gasteiger partial charge < -0.3 is 5.73 Å². The molecule has 2 N–H and O–H groups in total. The van der Waals surface area contributed by atoms with Gasteiger partial charge in [0.2, 0.25) is 0 Å². The van der Waals surface area contributed by atoms with Crippen molar-refractivity contribution >= 4 is 11.6 Å². The molecule has 92 valence electrons. The van der Waals surface area contributed by atoms with E-state index < -0.39 is 0 Å². The number of hydrogen-bond donors (Lipinski definition) is 1. The summed E-state index contributed by atoms with van der Waals surface area (Å²) in [7, 11) is 0. The van der Waals surface area contributed by atoms with Gasteiger partial charge in [-0.1, -0.05) is 24.1 Å². The molecule has 0 spiro atoms. The minimum absolute atomic E-state index is 0.184. The maximum atomic E-state index is 6.50. The summed E-state index contributed by atoms with van der Waals surface area (Å²) < 4.78 is 0. The Labute approximate surface area is 108 Å². The van der Waals surface area contributed by atoms with Crippen molar-refractivity contribution < 1.29 is 0 Å². The third-order valence-corrected chi connectivity index (χ3v) is 5.09. The van der Waals surface area contributed by atoms with Crippen LogP contribution in [0.3, 0.4) is 0 Å². The Balaban J connectivity index is 1.86. The van der Waals surface area contributed by atoms with Gasteiger partial charge in [-0.25, -0.2) is 0 Å². The lowest BCUT2D eigenvalue weighted by Crippen LogP contribution is -2.26. The zero-order chi connectivity index (χ0) is 12.0. The first kappa shape index (κ1) is 11.6. The van der Waals surface area contributed by atoms with Crippen molar-refractivity contribution in [2.45, 2.75) is 38.6 Å². The minimum Gasteiger partial charge on any atom is -0.324 e. The Hall–Kier alpha value is -0.530. The minimum atomic E-state index is 0.184. The Bertz CT molecular complexity index is 429. The van der Waals surface area contributed by atoms with Crippen LogP contribution in [0.15, 0.2) is 18.2 Å². The topological polar surface area (TPSA) is 26.0 Å². The van der Waals surface area contributed by atoms with Crippen molar-refractivity contribution in [3.05, 3.63) is 34.3 Å². The molecule has 4 atom stereocenters. The molecule has 1 aromatic carbocycles. The van der Waals surface area contributed by atoms with Crippen LogP contribution in [0.25, 0.3) is 0 Å². The standard InChI is InChI=1S/C15H20ClN/c1-9-2-5-12(16)8-13(9)15(17)14-7-10-3-4-11(14)6-10/h2,5,8,10-11,14-15H,3-4,6-7,17H2,1H3. The highest BCUT2D eigenvalue weighted by Gasteiger charge is 2.42. The van der Waals surface area contributed by atoms with E-state index in [2.05, 4.69) is 19.1 Å². The molecular formula is C15H20ClN. The number of aryl methyl sites for hydroxylation is 1. The highest BCUT2D eigenvalue weighted by molar-refractivity contribution is 6.30. The second kappa shape index (κ2) is 4.29. The van der Waals surface area contributed by atoms with Crippen molar-refractivity contribution in [2.75, 3.05) is 0 Å². The molecule has 0 radical (unpaired) electrons. The van der Waals surface area contributed by atoms with Gasteiger partial charge in [0.25, 0.3) is 0 Å². The number of hydrogen-bond acceptors (Lipinski definition) is 1. The third kappa shape index (κ3) is 2.00. The van der Waals surface area contributed by atoms with Gasteiger partial charge in [-0.3, -0.25) is 0 Å². The third-order valence-electron chi connectivity index (χ3n) is 4.85. The van der Waals surface area contributed by atoms with E-state index >= 15 is 0 Å². The second-order valence-electron chi connectivity index (χ2n) is 5.87. The van der Waals surface area contributed by atoms with Crippen LogP contribution in [0.1, 0.15) is 42.9 Å². The SMILES string of the molecule is Cc1ccc(Cl)cc1C(N)C1CC2CCC1C2. The monoisotopic (exact) mass is 249 g/mol. The van der Waals surface area contributed by atoms with Gasteiger partial charge in [-0.05, 0) is 67.2 Å². The Morgan fingerprint density at radius 3 is 2.76 bits per heavy atom. The molecular weight excluding hydrogens is 230 g/mol. The maximum absolute atomic E-state index is 6.50. The molecule has 17 heavy (non-hydrogen) atoms. The highest BCUT2D eigenvalue weighted by Crippen LogP contribution is 2.52. The summed E-state index contributed by atoms with van der Waals surface area (Å²) >= 11 is 6.09. The van der Waals surface area contributed by atoms with Crippen LogP contribution in [0, 0.1) is 24.7 Å². The Morgan fingerprint density at radius 2 is 2.12 bits per heavy atom. The number of benzene rings is 1. The number of fused-ring (bicyclic) bond motifs is 2. The first-order valence-electron chi connectivity index (χ1n) is 6.67. The van der Waals surface area contributed by atoms with E-state index in [1.165, 1.54) is 36.8 Å². The van der Waals surface area contributed by atoms with Crippen LogP contribution in [-0.4, -0.2) is 0 Å². The van der Waals surface area contributed by atoms with Gasteiger partial charge in [-0.15, -0.1) is 0 Å². The molecule has 0 saturated heterocycles. The van der Waals surface area contributed by atoms with Gasteiger partial charge >= 0.3 is 0 Å². The fourth-order valence-electron chi connectivity index (χ4n) is 3.93. The normalized spacial score (nSPS) is 33.0. The molecule has 2 saturated carbocycles. The van der Waals surface area contributed by atoms with Crippen molar-refractivity contribution in [1.29, 1.82) is 0 Å². The Morgan fingerprint density at radius 1 is 1.29 bits per heavy atom. The van der Waals surface area contributed by atoms with E-state index in [1.807, 2.05) is 6.07 Å². The van der Waals surface area contributed by atoms with Crippen molar-refractivity contribution in [3.63, 3.8) is 0 Å². The molecule has 0 amide bonds. The zero-order valence-electron chi connectivity index (χ0n) is 10.3. The van der Waals surface area contributed by atoms with Crippen molar-refractivity contribution in [1.82, 2.24) is 0 Å². The molecule has 4 unspecified atom stereocenters. The summed E-state index contributed by atoms with van der Waals surface area (Å²) in [4.78, 5) is 0. The van der Waals surface area contributed by atoms with Crippen molar-refractivity contribution in [2.24, 2.45) is 23.5 Å². The van der Waals surface area contributed by atoms with Crippen LogP contribution in [-0.2, 0) is 0 Å². The molecule has 3 rings (SSSR count). The number of nitrogens with two attached hydrogens (primary N) is 1. The van der Waals surface area contributed by atoms with Gasteiger partial charge in [0, 0.05) is 11.1 Å². The highest BCUT2D eigenvalue weighted by atomic mass is 35.5. The predicted octanol–water partition coefficient (Wildman–Crippen LogP) is 4.08. The fraction of sp³-hybridized carbons (Fsp3) is 0.600. The van der Waals surface area contributed by atoms with Gasteiger partial charge in [0.15, 0.2) is 0 Å². The quantitative estimate of drug-likeness (QED) is 0.840. The van der Waals surface area contributed by atoms with E-state index in [4.69, 9.17) is 17.3 Å². The van der Waals surface area contributed by atoms with E-state index in [0.29, 0.717) is 5.92 Å². The van der Waals surface area contributed by atoms with Gasteiger partial charge in [0.1, 0.15) is 0 Å². The smallest absolute Gasteiger partial charge is 0.0409 e. The van der Waals surface area contributed by atoms with Gasteiger partial charge in [0.05, 0.1) is 0 Å². The summed E-state index contributed by atoms with van der Waals surface area (Å²) in [6, 6.07) is 6.29. The summed E-state index contributed by atoms with van der Waals surface area (Å²) in [6.45, 7) is 2.14. The molecule has 2 aliphatic rings. The second-order valence-corrected chi connectivity index (χ2v) is 6.30. The largest absolute Gasteiger partial charge is 0.324 e. The van der Waals surface area contributed by atoms with Crippen LogP contribution >= 0.6 is 11.6 Å². The molecule has 1 aromatic rings. The van der Waals surface area contributed by atoms with Crippen LogP contribution in [0.2, 0.25) is 5.02 Å². The lowest BCUT2D eigenvalue weighted by molar-refractivity contribution is 0.284. The van der Waals surface area contributed by atoms with E-state index in [9.17, 15) is 0 Å². The van der Waals surface area contributed by atoms with Crippen LogP contribution in [0.4, 0.5) is 0 Å². The molecule has 0 aromatic heterocycles. The van der Waals surface area contributed by atoms with E-state index in [1.54, 1.807) is 0 Å². The lowest BCUT2D eigenvalue weighted by atomic mass is 9.80. The zero-order valence-corrected chi connectivity index (χ0v) is 11.1. The van der Waals surface area contributed by atoms with Gasteiger partial charge in [-0.2, -0.15) is 0 Å². The fourth-order valence-corrected chi connectivity index (χ4v) is 4.12. The van der Waals surface area contributed by atoms with Crippen LogP contribution < -0.4 is 5.73 Å². The molecule has 2 fully saturated rings. The first-order chi connectivity index (χ1) is 8.15. The van der Waals surface area contributed by atoms with Crippen molar-refractivity contribution in [3.8, 4) is 0 Å². The van der Waals surface area contributed by atoms with Crippen LogP contribution in [0.5, 0.6) is 0 Å². The average Bonchev–Trinajstić information content (AvgIpc) is 2.93. The molecule has 1 nitrogen and oxygen atoms in total. The number of rotatable bonds is 2. The predicted molar refractivity (Wildman–Crippen MR) is 72.1 cm³/mol. The summed E-state index contributed by atoms with van der Waals surface area (Å²) in [5.41, 5.74) is 9.04. The molecule has 2 bridgehead atoms. The first-order valence-corrected chi connectivity index (χ1v) is 7.04. The summed E-state index contributed by atoms with van der Waals surface area (Å²) in [6.07, 6.45) is 5.57. The molecule has 2 aliphatic carbocycles. The van der Waals surface area contributed by atoms with E-state index in [0.717, 1.165) is 16.9 Å². The molecule has 0 aliphatic heterocycles. The van der Waals surface area contributed by atoms with E-state index in [-0.39, 0.29) is 6.04 Å². The number of halogens is 1.